The summed E-state index contributed by atoms with van der Waals surface area (Å²) in [6, 6.07) is 13.3. The number of nitrogens with zero attached hydrogens (tertiary/aromatic N) is 2. The lowest BCUT2D eigenvalue weighted by Gasteiger charge is -2.18. The molecule has 1 fully saturated rings. The Balaban J connectivity index is 1.72. The van der Waals surface area contributed by atoms with Gasteiger partial charge in [-0.25, -0.2) is 9.97 Å². The Morgan fingerprint density at radius 2 is 1.69 bits per heavy atom. The second-order valence-corrected chi connectivity index (χ2v) is 8.03. The standard InChI is InChI=1S/C23H20ClF3N4O/c1-13(22(32)29-17-11-12-17)28-21-18(24)19(14-5-3-2-4-6-14)30-20(31-21)15-7-9-16(10-8-15)23(25,26)27/h2-10,13,17H,11-12H2,1H3,(H,29,32)(H,28,30,31). The molecule has 1 unspecified atom stereocenters. The van der Waals surface area contributed by atoms with E-state index >= 15 is 0 Å². The van der Waals surface area contributed by atoms with Crippen LogP contribution in [0.25, 0.3) is 22.6 Å². The minimum absolute atomic E-state index is 0.181. The molecule has 0 radical (unpaired) electrons. The predicted octanol–water partition coefficient (Wildman–Crippen LogP) is 5.56. The third kappa shape index (κ3) is 5.02. The van der Waals surface area contributed by atoms with Gasteiger partial charge in [0.25, 0.3) is 0 Å². The molecule has 1 aliphatic rings. The van der Waals surface area contributed by atoms with E-state index in [-0.39, 0.29) is 28.6 Å². The van der Waals surface area contributed by atoms with Crippen LogP contribution in [0.3, 0.4) is 0 Å². The largest absolute Gasteiger partial charge is 0.416 e. The van der Waals surface area contributed by atoms with Crippen LogP contribution in [0, 0.1) is 0 Å². The highest BCUT2D eigenvalue weighted by Gasteiger charge is 2.30. The molecule has 1 saturated carbocycles. The average Bonchev–Trinajstić information content (AvgIpc) is 3.59. The van der Waals surface area contributed by atoms with Gasteiger partial charge in [0.1, 0.15) is 16.9 Å². The molecule has 0 saturated heterocycles. The highest BCUT2D eigenvalue weighted by Crippen LogP contribution is 2.35. The number of aromatic nitrogens is 2. The maximum atomic E-state index is 12.9. The Kier molecular flexibility index (Phi) is 6.06. The van der Waals surface area contributed by atoms with Gasteiger partial charge >= 0.3 is 6.18 Å². The van der Waals surface area contributed by atoms with E-state index in [1.165, 1.54) is 12.1 Å². The first-order valence-electron chi connectivity index (χ1n) is 10.1. The molecule has 2 N–H and O–H groups in total. The van der Waals surface area contributed by atoms with Crippen LogP contribution in [-0.2, 0) is 11.0 Å². The zero-order chi connectivity index (χ0) is 22.9. The van der Waals surface area contributed by atoms with Gasteiger partial charge in [0.2, 0.25) is 5.91 Å². The van der Waals surface area contributed by atoms with Crippen molar-refractivity contribution in [1.29, 1.82) is 0 Å². The van der Waals surface area contributed by atoms with Crippen molar-refractivity contribution >= 4 is 23.3 Å². The van der Waals surface area contributed by atoms with Crippen molar-refractivity contribution in [3.8, 4) is 22.6 Å². The number of hydrogen-bond acceptors (Lipinski definition) is 4. The number of halogens is 4. The first-order chi connectivity index (χ1) is 15.2. The van der Waals surface area contributed by atoms with Gasteiger partial charge in [-0.1, -0.05) is 54.1 Å². The van der Waals surface area contributed by atoms with Crippen molar-refractivity contribution < 1.29 is 18.0 Å². The van der Waals surface area contributed by atoms with Crippen LogP contribution in [0.15, 0.2) is 54.6 Å². The van der Waals surface area contributed by atoms with Gasteiger partial charge in [0.05, 0.1) is 11.3 Å². The maximum absolute atomic E-state index is 12.9. The van der Waals surface area contributed by atoms with E-state index in [4.69, 9.17) is 11.6 Å². The molecule has 5 nitrogen and oxygen atoms in total. The predicted molar refractivity (Wildman–Crippen MR) is 117 cm³/mol. The molecule has 4 rings (SSSR count). The monoisotopic (exact) mass is 460 g/mol. The normalized spacial score (nSPS) is 14.7. The molecule has 1 amide bonds. The lowest BCUT2D eigenvalue weighted by Crippen LogP contribution is -2.39. The number of anilines is 1. The minimum atomic E-state index is -4.44. The summed E-state index contributed by atoms with van der Waals surface area (Å²) in [6.45, 7) is 1.69. The summed E-state index contributed by atoms with van der Waals surface area (Å²) in [5, 5.41) is 6.16. The summed E-state index contributed by atoms with van der Waals surface area (Å²) in [7, 11) is 0. The lowest BCUT2D eigenvalue weighted by molar-refractivity contribution is -0.137. The molecule has 1 aliphatic carbocycles. The summed E-state index contributed by atoms with van der Waals surface area (Å²) >= 11 is 6.59. The number of hydrogen-bond donors (Lipinski definition) is 2. The van der Waals surface area contributed by atoms with Crippen molar-refractivity contribution in [3.05, 3.63) is 65.2 Å². The molecule has 0 spiro atoms. The molecular weight excluding hydrogens is 441 g/mol. The number of amides is 1. The highest BCUT2D eigenvalue weighted by molar-refractivity contribution is 6.35. The van der Waals surface area contributed by atoms with Crippen LogP contribution >= 0.6 is 11.6 Å². The smallest absolute Gasteiger partial charge is 0.357 e. The molecule has 1 aromatic heterocycles. The number of benzene rings is 2. The zero-order valence-electron chi connectivity index (χ0n) is 17.1. The van der Waals surface area contributed by atoms with Gasteiger partial charge < -0.3 is 10.6 Å². The number of alkyl halides is 3. The molecule has 0 aliphatic heterocycles. The lowest BCUT2D eigenvalue weighted by atomic mass is 10.1. The summed E-state index contributed by atoms with van der Waals surface area (Å²) in [4.78, 5) is 21.3. The van der Waals surface area contributed by atoms with Gasteiger partial charge in [0, 0.05) is 17.2 Å². The Morgan fingerprint density at radius 1 is 1.03 bits per heavy atom. The Labute approximate surface area is 188 Å². The number of carbonyl (C=O) groups is 1. The van der Waals surface area contributed by atoms with Crippen molar-refractivity contribution in [2.24, 2.45) is 0 Å². The summed E-state index contributed by atoms with van der Waals surface area (Å²) in [5.41, 5.74) is 0.757. The summed E-state index contributed by atoms with van der Waals surface area (Å²) < 4.78 is 38.8. The molecular formula is C23H20ClF3N4O. The van der Waals surface area contributed by atoms with Crippen LogP contribution in [0.2, 0.25) is 5.02 Å². The molecule has 32 heavy (non-hydrogen) atoms. The first-order valence-corrected chi connectivity index (χ1v) is 10.5. The molecule has 1 atom stereocenters. The Bertz CT molecular complexity index is 1120. The number of nitrogens with one attached hydrogen (secondary N) is 2. The first kappa shape index (κ1) is 22.1. The quantitative estimate of drug-likeness (QED) is 0.505. The van der Waals surface area contributed by atoms with E-state index in [1.54, 1.807) is 6.92 Å². The zero-order valence-corrected chi connectivity index (χ0v) is 17.8. The summed E-state index contributed by atoms with van der Waals surface area (Å²) in [6.07, 6.45) is -2.52. The Hall–Kier alpha value is -3.13. The van der Waals surface area contributed by atoms with Gasteiger partial charge in [0.15, 0.2) is 5.82 Å². The molecule has 1 heterocycles. The van der Waals surface area contributed by atoms with Crippen LogP contribution in [0.5, 0.6) is 0 Å². The van der Waals surface area contributed by atoms with Crippen LogP contribution in [0.4, 0.5) is 19.0 Å². The van der Waals surface area contributed by atoms with Crippen LogP contribution < -0.4 is 10.6 Å². The third-order valence-electron chi connectivity index (χ3n) is 5.04. The van der Waals surface area contributed by atoms with Gasteiger partial charge in [-0.2, -0.15) is 13.2 Å². The van der Waals surface area contributed by atoms with E-state index in [9.17, 15) is 18.0 Å². The average molecular weight is 461 g/mol. The van der Waals surface area contributed by atoms with E-state index in [1.807, 2.05) is 30.3 Å². The third-order valence-corrected chi connectivity index (χ3v) is 5.40. The highest BCUT2D eigenvalue weighted by atomic mass is 35.5. The molecule has 3 aromatic rings. The van der Waals surface area contributed by atoms with Crippen molar-refractivity contribution in [2.45, 2.75) is 38.0 Å². The fourth-order valence-electron chi connectivity index (χ4n) is 3.09. The van der Waals surface area contributed by atoms with E-state index in [2.05, 4.69) is 20.6 Å². The van der Waals surface area contributed by atoms with Crippen LogP contribution in [0.1, 0.15) is 25.3 Å². The molecule has 9 heteroatoms. The van der Waals surface area contributed by atoms with Gasteiger partial charge in [-0.3, -0.25) is 4.79 Å². The number of rotatable bonds is 6. The number of carbonyl (C=O) groups excluding carboxylic acids is 1. The molecule has 0 bridgehead atoms. The topological polar surface area (TPSA) is 66.9 Å². The summed E-state index contributed by atoms with van der Waals surface area (Å²) in [5.74, 6) is 0.243. The van der Waals surface area contributed by atoms with Gasteiger partial charge in [-0.15, -0.1) is 0 Å². The van der Waals surface area contributed by atoms with E-state index in [0.29, 0.717) is 16.8 Å². The fourth-order valence-corrected chi connectivity index (χ4v) is 3.34. The Morgan fingerprint density at radius 3 is 2.28 bits per heavy atom. The van der Waals surface area contributed by atoms with Crippen molar-refractivity contribution in [3.63, 3.8) is 0 Å². The van der Waals surface area contributed by atoms with Crippen molar-refractivity contribution in [2.75, 3.05) is 5.32 Å². The van der Waals surface area contributed by atoms with Gasteiger partial charge in [-0.05, 0) is 31.9 Å². The second-order valence-electron chi connectivity index (χ2n) is 7.65. The molecule has 2 aromatic carbocycles. The fraction of sp³-hybridized carbons (Fsp3) is 0.261. The van der Waals surface area contributed by atoms with E-state index < -0.39 is 17.8 Å². The maximum Gasteiger partial charge on any atom is 0.416 e. The minimum Gasteiger partial charge on any atom is -0.357 e. The van der Waals surface area contributed by atoms with Crippen LogP contribution in [-0.4, -0.2) is 28.0 Å². The second kappa shape index (κ2) is 8.78. The van der Waals surface area contributed by atoms with E-state index in [0.717, 1.165) is 25.0 Å². The van der Waals surface area contributed by atoms with Crippen molar-refractivity contribution in [1.82, 2.24) is 15.3 Å². The SMILES string of the molecule is CC(Nc1nc(-c2ccc(C(F)(F)F)cc2)nc(-c2ccccc2)c1Cl)C(=O)NC1CC1. The molecule has 166 valence electrons.